The van der Waals surface area contributed by atoms with Crippen molar-refractivity contribution < 1.29 is 18.0 Å². The molecule has 0 unspecified atom stereocenters. The zero-order valence-electron chi connectivity index (χ0n) is 11.0. The minimum Gasteiger partial charge on any atom is -0.325 e. The summed E-state index contributed by atoms with van der Waals surface area (Å²) in [5.41, 5.74) is 0.623. The lowest BCUT2D eigenvalue weighted by atomic mass is 10.2. The molecule has 0 aliphatic heterocycles. The van der Waals surface area contributed by atoms with Gasteiger partial charge in [0.1, 0.15) is 6.54 Å². The molecule has 0 spiro atoms. The third-order valence-corrected chi connectivity index (χ3v) is 4.05. The molecule has 2 aromatic rings. The van der Waals surface area contributed by atoms with E-state index in [0.717, 1.165) is 4.90 Å². The molecule has 0 saturated carbocycles. The Balaban J connectivity index is 2.28. The van der Waals surface area contributed by atoms with Crippen LogP contribution < -0.4 is 0 Å². The van der Waals surface area contributed by atoms with Crippen molar-refractivity contribution in [3.63, 3.8) is 0 Å². The largest absolute Gasteiger partial charge is 0.406 e. The van der Waals surface area contributed by atoms with Crippen molar-refractivity contribution in [2.45, 2.75) is 12.7 Å². The van der Waals surface area contributed by atoms with Gasteiger partial charge in [0, 0.05) is 11.6 Å². The fraction of sp³-hybridized carbons (Fsp3) is 0.214. The number of hydrogen-bond acceptors (Lipinski definition) is 2. The molecule has 0 atom stereocenters. The molecule has 0 bridgehead atoms. The third kappa shape index (κ3) is 4.63. The molecule has 0 fully saturated rings. The number of rotatable bonds is 4. The predicted octanol–water partition coefficient (Wildman–Crippen LogP) is 5.26. The molecule has 1 aromatic carbocycles. The summed E-state index contributed by atoms with van der Waals surface area (Å²) >= 11 is 13.0. The Morgan fingerprint density at radius 2 is 1.95 bits per heavy atom. The molecule has 1 amide bonds. The number of nitrogens with zero attached hydrogens (tertiary/aromatic N) is 1. The van der Waals surface area contributed by atoms with Crippen LogP contribution in [0.3, 0.4) is 0 Å². The Morgan fingerprint density at radius 3 is 2.50 bits per heavy atom. The fourth-order valence-electron chi connectivity index (χ4n) is 1.85. The molecule has 8 heteroatoms. The molecular weight excluding hydrogens is 358 g/mol. The minimum absolute atomic E-state index is 0.00875. The topological polar surface area (TPSA) is 20.3 Å². The maximum Gasteiger partial charge on any atom is 0.406 e. The van der Waals surface area contributed by atoms with E-state index in [2.05, 4.69) is 0 Å². The summed E-state index contributed by atoms with van der Waals surface area (Å²) in [6, 6.07) is 5.73. The summed E-state index contributed by atoms with van der Waals surface area (Å²) in [7, 11) is 0. The first-order valence-corrected chi connectivity index (χ1v) is 7.78. The van der Waals surface area contributed by atoms with Crippen LogP contribution in [0, 0.1) is 0 Å². The van der Waals surface area contributed by atoms with E-state index in [4.69, 9.17) is 23.2 Å². The molecule has 0 aliphatic carbocycles. The van der Waals surface area contributed by atoms with Crippen molar-refractivity contribution >= 4 is 40.4 Å². The lowest BCUT2D eigenvalue weighted by Gasteiger charge is -2.24. The van der Waals surface area contributed by atoms with Gasteiger partial charge in [0.05, 0.1) is 10.6 Å². The quantitative estimate of drug-likeness (QED) is 0.721. The highest BCUT2D eigenvalue weighted by Gasteiger charge is 2.34. The van der Waals surface area contributed by atoms with Crippen LogP contribution in [0.2, 0.25) is 10.0 Å². The summed E-state index contributed by atoms with van der Waals surface area (Å²) in [6.07, 6.45) is -4.50. The third-order valence-electron chi connectivity index (χ3n) is 2.77. The minimum atomic E-state index is -4.50. The number of benzene rings is 1. The van der Waals surface area contributed by atoms with Gasteiger partial charge in [-0.15, -0.1) is 0 Å². The normalized spacial score (nSPS) is 11.5. The number of amides is 1. The second-order valence-electron chi connectivity index (χ2n) is 4.53. The van der Waals surface area contributed by atoms with E-state index in [9.17, 15) is 18.0 Å². The highest BCUT2D eigenvalue weighted by atomic mass is 35.5. The summed E-state index contributed by atoms with van der Waals surface area (Å²) < 4.78 is 38.2. The van der Waals surface area contributed by atoms with Crippen LogP contribution in [-0.4, -0.2) is 23.5 Å². The summed E-state index contributed by atoms with van der Waals surface area (Å²) in [5.74, 6) is -0.787. The average Bonchev–Trinajstić information content (AvgIpc) is 2.88. The van der Waals surface area contributed by atoms with E-state index in [0.29, 0.717) is 10.6 Å². The first-order valence-electron chi connectivity index (χ1n) is 6.08. The molecule has 0 radical (unpaired) electrons. The molecule has 0 N–H and O–H groups in total. The van der Waals surface area contributed by atoms with Crippen LogP contribution in [-0.2, 0) is 6.54 Å². The highest BCUT2D eigenvalue weighted by Crippen LogP contribution is 2.25. The van der Waals surface area contributed by atoms with E-state index in [-0.39, 0.29) is 17.1 Å². The van der Waals surface area contributed by atoms with Crippen LogP contribution in [0.15, 0.2) is 35.0 Å². The number of hydrogen-bond donors (Lipinski definition) is 0. The number of thiophene rings is 1. The van der Waals surface area contributed by atoms with Crippen molar-refractivity contribution in [3.8, 4) is 0 Å². The monoisotopic (exact) mass is 367 g/mol. The lowest BCUT2D eigenvalue weighted by Crippen LogP contribution is -2.38. The van der Waals surface area contributed by atoms with Gasteiger partial charge in [0.2, 0.25) is 0 Å². The maximum absolute atomic E-state index is 12.7. The Kier molecular flexibility index (Phi) is 5.36. The Labute approximate surface area is 139 Å². The van der Waals surface area contributed by atoms with Gasteiger partial charge in [-0.05, 0) is 40.6 Å². The molecule has 22 heavy (non-hydrogen) atoms. The summed E-state index contributed by atoms with van der Waals surface area (Å²) in [6.45, 7) is -1.48. The van der Waals surface area contributed by atoms with Gasteiger partial charge in [-0.2, -0.15) is 24.5 Å². The second kappa shape index (κ2) is 6.89. The molecule has 118 valence electrons. The van der Waals surface area contributed by atoms with Gasteiger partial charge in [-0.3, -0.25) is 4.79 Å². The first-order chi connectivity index (χ1) is 10.3. The summed E-state index contributed by atoms with van der Waals surface area (Å²) in [4.78, 5) is 13.1. The number of carbonyl (C=O) groups is 1. The lowest BCUT2D eigenvalue weighted by molar-refractivity contribution is -0.141. The van der Waals surface area contributed by atoms with Gasteiger partial charge < -0.3 is 4.90 Å². The van der Waals surface area contributed by atoms with Gasteiger partial charge in [-0.1, -0.05) is 23.2 Å². The predicted molar refractivity (Wildman–Crippen MR) is 81.6 cm³/mol. The fourth-order valence-corrected chi connectivity index (χ4v) is 3.00. The Morgan fingerprint density at radius 1 is 1.23 bits per heavy atom. The molecular formula is C14H10Cl2F3NOS. The van der Waals surface area contributed by atoms with Crippen LogP contribution in [0.25, 0.3) is 0 Å². The highest BCUT2D eigenvalue weighted by molar-refractivity contribution is 7.07. The van der Waals surface area contributed by atoms with Crippen LogP contribution >= 0.6 is 34.5 Å². The molecule has 2 nitrogen and oxygen atoms in total. The number of halogens is 5. The van der Waals surface area contributed by atoms with Crippen LogP contribution in [0.5, 0.6) is 0 Å². The Hall–Kier alpha value is -1.24. The van der Waals surface area contributed by atoms with E-state index in [1.54, 1.807) is 16.8 Å². The van der Waals surface area contributed by atoms with Gasteiger partial charge in [0.25, 0.3) is 5.91 Å². The average molecular weight is 368 g/mol. The van der Waals surface area contributed by atoms with Crippen molar-refractivity contribution in [2.24, 2.45) is 0 Å². The zero-order valence-corrected chi connectivity index (χ0v) is 13.4. The van der Waals surface area contributed by atoms with Gasteiger partial charge in [0.15, 0.2) is 0 Å². The van der Waals surface area contributed by atoms with Crippen molar-refractivity contribution in [1.82, 2.24) is 4.90 Å². The van der Waals surface area contributed by atoms with Crippen molar-refractivity contribution in [2.75, 3.05) is 6.54 Å². The standard InChI is InChI=1S/C14H10Cl2F3NOS/c15-10-1-2-11(12(16)5-10)13(21)20(8-14(17,18)19)6-9-3-4-22-7-9/h1-5,7H,6,8H2. The van der Waals surface area contributed by atoms with Crippen LogP contribution in [0.1, 0.15) is 15.9 Å². The molecule has 0 saturated heterocycles. The molecule has 0 aliphatic rings. The van der Waals surface area contributed by atoms with Crippen molar-refractivity contribution in [1.29, 1.82) is 0 Å². The van der Waals surface area contributed by atoms with E-state index >= 15 is 0 Å². The van der Waals surface area contributed by atoms with E-state index in [1.807, 2.05) is 0 Å². The molecule has 1 heterocycles. The van der Waals surface area contributed by atoms with E-state index < -0.39 is 18.6 Å². The number of alkyl halides is 3. The first kappa shape index (κ1) is 17.1. The van der Waals surface area contributed by atoms with Gasteiger partial charge >= 0.3 is 6.18 Å². The number of carbonyl (C=O) groups excluding carboxylic acids is 1. The summed E-state index contributed by atoms with van der Waals surface area (Å²) in [5, 5.41) is 3.76. The molecule has 1 aromatic heterocycles. The van der Waals surface area contributed by atoms with Gasteiger partial charge in [-0.25, -0.2) is 0 Å². The smallest absolute Gasteiger partial charge is 0.325 e. The van der Waals surface area contributed by atoms with Crippen LogP contribution in [0.4, 0.5) is 13.2 Å². The SMILES string of the molecule is O=C(c1ccc(Cl)cc1Cl)N(Cc1ccsc1)CC(F)(F)F. The maximum atomic E-state index is 12.7. The zero-order chi connectivity index (χ0) is 16.3. The van der Waals surface area contributed by atoms with E-state index in [1.165, 1.54) is 29.5 Å². The second-order valence-corrected chi connectivity index (χ2v) is 6.16. The van der Waals surface area contributed by atoms with Crippen molar-refractivity contribution in [3.05, 3.63) is 56.2 Å². The molecule has 2 rings (SSSR count). The Bertz CT molecular complexity index is 659.